The van der Waals surface area contributed by atoms with Gasteiger partial charge in [-0.15, -0.1) is 5.92 Å². The largest absolute Gasteiger partial charge is 0.477 e. The molecule has 0 atom stereocenters. The SMILES string of the molecule is CC#CCNC(=O)c1c[nH]c(C(=O)O)c1. The molecule has 1 rings (SSSR count). The number of nitrogens with one attached hydrogen (secondary N) is 2. The summed E-state index contributed by atoms with van der Waals surface area (Å²) in [6.07, 6.45) is 1.35. The summed E-state index contributed by atoms with van der Waals surface area (Å²) >= 11 is 0. The lowest BCUT2D eigenvalue weighted by Gasteiger charge is -1.96. The van der Waals surface area contributed by atoms with Crippen LogP contribution in [0.3, 0.4) is 0 Å². The average molecular weight is 206 g/mol. The Kier molecular flexibility index (Phi) is 3.52. The Labute approximate surface area is 86.5 Å². The van der Waals surface area contributed by atoms with Crippen LogP contribution in [0.5, 0.6) is 0 Å². The van der Waals surface area contributed by atoms with Crippen LogP contribution in [0.2, 0.25) is 0 Å². The van der Waals surface area contributed by atoms with E-state index in [1.165, 1.54) is 12.3 Å². The van der Waals surface area contributed by atoms with Gasteiger partial charge in [0.15, 0.2) is 0 Å². The zero-order valence-electron chi connectivity index (χ0n) is 8.13. The number of aromatic nitrogens is 1. The molecule has 0 aliphatic rings. The zero-order valence-corrected chi connectivity index (χ0v) is 8.13. The van der Waals surface area contributed by atoms with Crippen molar-refractivity contribution in [1.29, 1.82) is 0 Å². The molecule has 0 bridgehead atoms. The first-order valence-electron chi connectivity index (χ1n) is 4.24. The number of hydrogen-bond acceptors (Lipinski definition) is 2. The molecule has 0 aliphatic heterocycles. The summed E-state index contributed by atoms with van der Waals surface area (Å²) in [5.74, 6) is 3.86. The van der Waals surface area contributed by atoms with Crippen LogP contribution in [-0.2, 0) is 0 Å². The van der Waals surface area contributed by atoms with Gasteiger partial charge in [0.25, 0.3) is 5.91 Å². The Balaban J connectivity index is 2.64. The van der Waals surface area contributed by atoms with E-state index in [2.05, 4.69) is 22.1 Å². The maximum atomic E-state index is 11.4. The molecule has 0 saturated carbocycles. The van der Waals surface area contributed by atoms with Gasteiger partial charge in [0, 0.05) is 6.20 Å². The molecule has 78 valence electrons. The monoisotopic (exact) mass is 206 g/mol. The number of aromatic amines is 1. The summed E-state index contributed by atoms with van der Waals surface area (Å²) in [6, 6.07) is 1.27. The summed E-state index contributed by atoms with van der Waals surface area (Å²) in [5, 5.41) is 11.1. The predicted molar refractivity (Wildman–Crippen MR) is 53.5 cm³/mol. The summed E-state index contributed by atoms with van der Waals surface area (Å²) in [5.41, 5.74) is 0.270. The van der Waals surface area contributed by atoms with Gasteiger partial charge in [0.1, 0.15) is 5.69 Å². The molecule has 5 heteroatoms. The van der Waals surface area contributed by atoms with E-state index in [0.29, 0.717) is 0 Å². The number of carbonyl (C=O) groups excluding carboxylic acids is 1. The van der Waals surface area contributed by atoms with Crippen LogP contribution in [0.25, 0.3) is 0 Å². The summed E-state index contributed by atoms with van der Waals surface area (Å²) < 4.78 is 0. The Morgan fingerprint density at radius 1 is 1.60 bits per heavy atom. The molecule has 0 aromatic carbocycles. The van der Waals surface area contributed by atoms with Crippen molar-refractivity contribution in [3.05, 3.63) is 23.5 Å². The molecular weight excluding hydrogens is 196 g/mol. The summed E-state index contributed by atoms with van der Waals surface area (Å²) in [6.45, 7) is 1.92. The van der Waals surface area contributed by atoms with E-state index in [1.54, 1.807) is 6.92 Å². The first-order valence-corrected chi connectivity index (χ1v) is 4.24. The molecule has 15 heavy (non-hydrogen) atoms. The van der Waals surface area contributed by atoms with Crippen molar-refractivity contribution in [2.24, 2.45) is 0 Å². The number of H-pyrrole nitrogens is 1. The Hall–Kier alpha value is -2.22. The normalized spacial score (nSPS) is 8.87. The van der Waals surface area contributed by atoms with Crippen LogP contribution >= 0.6 is 0 Å². The highest BCUT2D eigenvalue weighted by Crippen LogP contribution is 2.02. The number of carboxylic acid groups (broad SMARTS) is 1. The second-order valence-corrected chi connectivity index (χ2v) is 2.72. The first kappa shape index (κ1) is 10.9. The second-order valence-electron chi connectivity index (χ2n) is 2.72. The third kappa shape index (κ3) is 2.88. The van der Waals surface area contributed by atoms with Crippen molar-refractivity contribution >= 4 is 11.9 Å². The van der Waals surface area contributed by atoms with Crippen molar-refractivity contribution in [1.82, 2.24) is 10.3 Å². The Morgan fingerprint density at radius 2 is 2.33 bits per heavy atom. The predicted octanol–water partition coefficient (Wildman–Crippen LogP) is 0.466. The summed E-state index contributed by atoms with van der Waals surface area (Å²) in [4.78, 5) is 24.4. The van der Waals surface area contributed by atoms with E-state index in [9.17, 15) is 9.59 Å². The lowest BCUT2D eigenvalue weighted by Crippen LogP contribution is -2.23. The van der Waals surface area contributed by atoms with Crippen LogP contribution in [-0.4, -0.2) is 28.5 Å². The average Bonchev–Trinajstić information content (AvgIpc) is 2.66. The Morgan fingerprint density at radius 3 is 2.87 bits per heavy atom. The van der Waals surface area contributed by atoms with Crippen LogP contribution in [0.15, 0.2) is 12.3 Å². The van der Waals surface area contributed by atoms with Crippen LogP contribution in [0.1, 0.15) is 27.8 Å². The number of carboxylic acids is 1. The highest BCUT2D eigenvalue weighted by molar-refractivity contribution is 5.97. The van der Waals surface area contributed by atoms with E-state index in [-0.39, 0.29) is 23.7 Å². The molecule has 3 N–H and O–H groups in total. The smallest absolute Gasteiger partial charge is 0.352 e. The molecule has 0 unspecified atom stereocenters. The van der Waals surface area contributed by atoms with E-state index in [4.69, 9.17) is 5.11 Å². The molecule has 0 fully saturated rings. The molecule has 1 aromatic heterocycles. The van der Waals surface area contributed by atoms with Gasteiger partial charge in [0.05, 0.1) is 12.1 Å². The van der Waals surface area contributed by atoms with Crippen LogP contribution < -0.4 is 5.32 Å². The molecule has 0 saturated heterocycles. The molecule has 0 spiro atoms. The maximum absolute atomic E-state index is 11.4. The molecule has 0 aliphatic carbocycles. The van der Waals surface area contributed by atoms with E-state index in [1.807, 2.05) is 0 Å². The fourth-order valence-electron chi connectivity index (χ4n) is 0.964. The molecule has 0 radical (unpaired) electrons. The molecule has 1 aromatic rings. The highest BCUT2D eigenvalue weighted by atomic mass is 16.4. The van der Waals surface area contributed by atoms with Crippen molar-refractivity contribution in [2.45, 2.75) is 6.92 Å². The molecule has 5 nitrogen and oxygen atoms in total. The highest BCUT2D eigenvalue weighted by Gasteiger charge is 2.10. The second kappa shape index (κ2) is 4.86. The van der Waals surface area contributed by atoms with Gasteiger partial charge in [-0.1, -0.05) is 5.92 Å². The fourth-order valence-corrected chi connectivity index (χ4v) is 0.964. The van der Waals surface area contributed by atoms with Gasteiger partial charge in [-0.3, -0.25) is 4.79 Å². The minimum atomic E-state index is -1.10. The lowest BCUT2D eigenvalue weighted by molar-refractivity contribution is 0.0691. The third-order valence-electron chi connectivity index (χ3n) is 1.69. The molecule has 1 amide bonds. The first-order chi connectivity index (χ1) is 7.15. The standard InChI is InChI=1S/C10H10N2O3/c1-2-3-4-11-9(13)7-5-8(10(14)15)12-6-7/h5-6,12H,4H2,1H3,(H,11,13)(H,14,15). The van der Waals surface area contributed by atoms with Crippen LogP contribution in [0, 0.1) is 11.8 Å². The topological polar surface area (TPSA) is 82.2 Å². The lowest BCUT2D eigenvalue weighted by atomic mass is 10.3. The van der Waals surface area contributed by atoms with Crippen molar-refractivity contribution in [2.75, 3.05) is 6.54 Å². The minimum Gasteiger partial charge on any atom is -0.477 e. The minimum absolute atomic E-state index is 0.0123. The quantitative estimate of drug-likeness (QED) is 0.628. The van der Waals surface area contributed by atoms with E-state index < -0.39 is 5.97 Å². The van der Waals surface area contributed by atoms with Crippen molar-refractivity contribution in [3.8, 4) is 11.8 Å². The number of carbonyl (C=O) groups is 2. The van der Waals surface area contributed by atoms with Gasteiger partial charge >= 0.3 is 5.97 Å². The maximum Gasteiger partial charge on any atom is 0.352 e. The van der Waals surface area contributed by atoms with E-state index in [0.717, 1.165) is 0 Å². The number of amides is 1. The fraction of sp³-hybridized carbons (Fsp3) is 0.200. The van der Waals surface area contributed by atoms with Gasteiger partial charge in [-0.05, 0) is 13.0 Å². The van der Waals surface area contributed by atoms with Crippen molar-refractivity contribution in [3.63, 3.8) is 0 Å². The third-order valence-corrected chi connectivity index (χ3v) is 1.69. The van der Waals surface area contributed by atoms with Gasteiger partial charge in [0.2, 0.25) is 0 Å². The van der Waals surface area contributed by atoms with Gasteiger partial charge in [-0.25, -0.2) is 4.79 Å². The number of hydrogen-bond donors (Lipinski definition) is 3. The molecule has 1 heterocycles. The zero-order chi connectivity index (χ0) is 11.3. The summed E-state index contributed by atoms with van der Waals surface area (Å²) in [7, 11) is 0. The number of aromatic carboxylic acids is 1. The van der Waals surface area contributed by atoms with Crippen molar-refractivity contribution < 1.29 is 14.7 Å². The molecular formula is C10H10N2O3. The number of rotatable bonds is 3. The Bertz CT molecular complexity index is 437. The van der Waals surface area contributed by atoms with Gasteiger partial charge < -0.3 is 15.4 Å². The van der Waals surface area contributed by atoms with E-state index >= 15 is 0 Å². The van der Waals surface area contributed by atoms with Gasteiger partial charge in [-0.2, -0.15) is 0 Å². The van der Waals surface area contributed by atoms with Crippen LogP contribution in [0.4, 0.5) is 0 Å².